The molecule has 0 fully saturated rings. The van der Waals surface area contributed by atoms with E-state index in [4.69, 9.17) is 4.74 Å². The van der Waals surface area contributed by atoms with Gasteiger partial charge in [-0.2, -0.15) is 0 Å². The van der Waals surface area contributed by atoms with E-state index in [9.17, 15) is 14.4 Å². The Hall–Kier alpha value is -5.60. The zero-order valence-corrected chi connectivity index (χ0v) is 27.1. The summed E-state index contributed by atoms with van der Waals surface area (Å²) in [6.07, 6.45) is 1.60. The third kappa shape index (κ3) is 9.22. The van der Waals surface area contributed by atoms with E-state index in [0.29, 0.717) is 22.6 Å². The number of nitrogens with one attached hydrogen (secondary N) is 3. The fraction of sp³-hybridized carbons (Fsp3) is 0.103. The Kier molecular flexibility index (Phi) is 10.9. The van der Waals surface area contributed by atoms with E-state index in [-0.39, 0.29) is 11.6 Å². The number of rotatable bonds is 11. The summed E-state index contributed by atoms with van der Waals surface area (Å²) in [5, 5.41) is 8.21. The fourth-order valence-electron chi connectivity index (χ4n) is 4.95. The number of hydrogen-bond acceptors (Lipinski definition) is 5. The van der Waals surface area contributed by atoms with Crippen molar-refractivity contribution >= 4 is 46.9 Å². The third-order valence-electron chi connectivity index (χ3n) is 7.13. The number of hydrogen-bond donors (Lipinski definition) is 3. The van der Waals surface area contributed by atoms with Crippen LogP contribution in [-0.4, -0.2) is 24.8 Å². The normalized spacial score (nSPS) is 11.7. The van der Waals surface area contributed by atoms with E-state index in [1.807, 2.05) is 80.6 Å². The first kappa shape index (κ1) is 32.8. The van der Waals surface area contributed by atoms with Crippen LogP contribution in [0.4, 0.5) is 11.4 Å². The maximum atomic E-state index is 13.6. The molecule has 0 aliphatic carbocycles. The lowest BCUT2D eigenvalue weighted by Crippen LogP contribution is -2.30. The van der Waals surface area contributed by atoms with E-state index in [1.54, 1.807) is 67.8 Å². The molecule has 0 saturated heterocycles. The Balaban J connectivity index is 1.34. The standard InChI is InChI=1S/C39H35N3O4S/c1-26-21-27(2)23-32(22-26)41-39(45)36(29-12-6-4-7-13-29)47-34-19-17-31(18-20-34)40-38(44)35(25-28-11-10-16-33(24-28)46-3)42-37(43)30-14-8-5-9-15-30/h4-25,36H,1-3H3,(H,40,44)(H,41,45)(H,42,43)/b35-25-. The SMILES string of the molecule is COc1cccc(/C=C(\NC(=O)c2ccccc2)C(=O)Nc2ccc(SC(C(=O)Nc3cc(C)cc(C)c3)c3ccccc3)cc2)c1. The molecule has 3 amide bonds. The molecule has 0 aliphatic rings. The lowest BCUT2D eigenvalue weighted by atomic mass is 10.1. The Morgan fingerprint density at radius 3 is 2.02 bits per heavy atom. The number of ether oxygens (including phenoxy) is 1. The van der Waals surface area contributed by atoms with Gasteiger partial charge in [-0.3, -0.25) is 14.4 Å². The largest absolute Gasteiger partial charge is 0.497 e. The fourth-order valence-corrected chi connectivity index (χ4v) is 5.97. The predicted molar refractivity (Wildman–Crippen MR) is 190 cm³/mol. The highest BCUT2D eigenvalue weighted by atomic mass is 32.2. The molecular weight excluding hydrogens is 607 g/mol. The number of anilines is 2. The van der Waals surface area contributed by atoms with Crippen molar-refractivity contribution in [1.82, 2.24) is 5.32 Å². The topological polar surface area (TPSA) is 96.5 Å². The lowest BCUT2D eigenvalue weighted by molar-refractivity contribution is -0.116. The van der Waals surface area contributed by atoms with Crippen LogP contribution in [0.2, 0.25) is 0 Å². The molecule has 47 heavy (non-hydrogen) atoms. The first-order valence-corrected chi connectivity index (χ1v) is 15.9. The van der Waals surface area contributed by atoms with Crippen molar-refractivity contribution in [2.45, 2.75) is 24.0 Å². The smallest absolute Gasteiger partial charge is 0.272 e. The molecule has 0 heterocycles. The summed E-state index contributed by atoms with van der Waals surface area (Å²) in [7, 11) is 1.56. The summed E-state index contributed by atoms with van der Waals surface area (Å²) in [6.45, 7) is 4.00. The highest BCUT2D eigenvalue weighted by Gasteiger charge is 2.23. The number of thioether (sulfide) groups is 1. The molecule has 1 unspecified atom stereocenters. The zero-order valence-electron chi connectivity index (χ0n) is 26.3. The molecule has 5 aromatic carbocycles. The van der Waals surface area contributed by atoms with Crippen molar-refractivity contribution in [3.05, 3.63) is 161 Å². The molecule has 1 atom stereocenters. The summed E-state index contributed by atoms with van der Waals surface area (Å²) in [5.74, 6) is -0.414. The van der Waals surface area contributed by atoms with Crippen LogP contribution in [0.5, 0.6) is 5.75 Å². The van der Waals surface area contributed by atoms with E-state index in [0.717, 1.165) is 27.3 Å². The summed E-state index contributed by atoms with van der Waals surface area (Å²) < 4.78 is 5.32. The maximum absolute atomic E-state index is 13.6. The van der Waals surface area contributed by atoms with Crippen LogP contribution >= 0.6 is 11.8 Å². The molecule has 8 heteroatoms. The van der Waals surface area contributed by atoms with Crippen molar-refractivity contribution in [2.75, 3.05) is 17.7 Å². The van der Waals surface area contributed by atoms with E-state index < -0.39 is 17.1 Å². The molecule has 0 radical (unpaired) electrons. The first-order valence-electron chi connectivity index (χ1n) is 15.0. The van der Waals surface area contributed by atoms with Gasteiger partial charge in [-0.15, -0.1) is 11.8 Å². The molecule has 0 bridgehead atoms. The first-order chi connectivity index (χ1) is 22.8. The third-order valence-corrected chi connectivity index (χ3v) is 8.40. The molecule has 0 aliphatic heterocycles. The Bertz CT molecular complexity index is 1870. The van der Waals surface area contributed by atoms with Crippen LogP contribution in [0.1, 0.15) is 37.9 Å². The average molecular weight is 642 g/mol. The van der Waals surface area contributed by atoms with Crippen molar-refractivity contribution in [3.8, 4) is 5.75 Å². The van der Waals surface area contributed by atoms with Gasteiger partial charge in [0.1, 0.15) is 16.7 Å². The molecule has 0 aromatic heterocycles. The molecule has 0 spiro atoms. The highest BCUT2D eigenvalue weighted by molar-refractivity contribution is 8.00. The second-order valence-corrected chi connectivity index (χ2v) is 12.1. The number of amides is 3. The van der Waals surface area contributed by atoms with E-state index in [2.05, 4.69) is 22.0 Å². The van der Waals surface area contributed by atoms with Crippen molar-refractivity contribution in [3.63, 3.8) is 0 Å². The number of carbonyl (C=O) groups excluding carboxylic acids is 3. The minimum absolute atomic E-state index is 0.0674. The Labute approximate surface area is 279 Å². The maximum Gasteiger partial charge on any atom is 0.272 e. The molecule has 5 rings (SSSR count). The number of methoxy groups -OCH3 is 1. The van der Waals surface area contributed by atoms with Crippen LogP contribution in [0.15, 0.2) is 138 Å². The summed E-state index contributed by atoms with van der Waals surface area (Å²) >= 11 is 1.42. The van der Waals surface area contributed by atoms with E-state index in [1.165, 1.54) is 11.8 Å². The molecule has 3 N–H and O–H groups in total. The van der Waals surface area contributed by atoms with Gasteiger partial charge >= 0.3 is 0 Å². The van der Waals surface area contributed by atoms with E-state index >= 15 is 0 Å². The van der Waals surface area contributed by atoms with Gasteiger partial charge < -0.3 is 20.7 Å². The molecule has 5 aromatic rings. The van der Waals surface area contributed by atoms with Crippen LogP contribution in [-0.2, 0) is 9.59 Å². The minimum Gasteiger partial charge on any atom is -0.497 e. The summed E-state index contributed by atoms with van der Waals surface area (Å²) in [4.78, 5) is 40.9. The van der Waals surface area contributed by atoms with Gasteiger partial charge in [0.25, 0.3) is 11.8 Å². The molecule has 236 valence electrons. The van der Waals surface area contributed by atoms with Gasteiger partial charge in [-0.05, 0) is 103 Å². The van der Waals surface area contributed by atoms with Crippen molar-refractivity contribution in [2.24, 2.45) is 0 Å². The minimum atomic E-state index is -0.511. The monoisotopic (exact) mass is 641 g/mol. The van der Waals surface area contributed by atoms with Gasteiger partial charge in [0.15, 0.2) is 0 Å². The summed E-state index contributed by atoms with van der Waals surface area (Å²) in [5.41, 5.74) is 5.47. The quantitative estimate of drug-likeness (QED) is 0.0998. The second kappa shape index (κ2) is 15.6. The number of aryl methyl sites for hydroxylation is 2. The molecule has 7 nitrogen and oxygen atoms in total. The van der Waals surface area contributed by atoms with Crippen molar-refractivity contribution < 1.29 is 19.1 Å². The second-order valence-electron chi connectivity index (χ2n) is 10.9. The lowest BCUT2D eigenvalue weighted by Gasteiger charge is -2.18. The Morgan fingerprint density at radius 2 is 1.36 bits per heavy atom. The van der Waals surface area contributed by atoms with Crippen molar-refractivity contribution in [1.29, 1.82) is 0 Å². The van der Waals surface area contributed by atoms with Gasteiger partial charge in [-0.25, -0.2) is 0 Å². The average Bonchev–Trinajstić information content (AvgIpc) is 3.08. The molecular formula is C39H35N3O4S. The Morgan fingerprint density at radius 1 is 0.702 bits per heavy atom. The van der Waals surface area contributed by atoms with Gasteiger partial charge in [0.05, 0.1) is 7.11 Å². The van der Waals surface area contributed by atoms with Gasteiger partial charge in [0, 0.05) is 21.8 Å². The van der Waals surface area contributed by atoms with Crippen LogP contribution < -0.4 is 20.7 Å². The van der Waals surface area contributed by atoms with Crippen LogP contribution in [0.25, 0.3) is 6.08 Å². The number of benzene rings is 5. The summed E-state index contributed by atoms with van der Waals surface area (Å²) in [6, 6.07) is 38.7. The zero-order chi connectivity index (χ0) is 33.2. The van der Waals surface area contributed by atoms with Gasteiger partial charge in [-0.1, -0.05) is 66.7 Å². The predicted octanol–water partition coefficient (Wildman–Crippen LogP) is 8.19. The van der Waals surface area contributed by atoms with Gasteiger partial charge in [0.2, 0.25) is 5.91 Å². The highest BCUT2D eigenvalue weighted by Crippen LogP contribution is 2.37. The number of carbonyl (C=O) groups is 3. The molecule has 0 saturated carbocycles. The van der Waals surface area contributed by atoms with Crippen LogP contribution in [0, 0.1) is 13.8 Å². The van der Waals surface area contributed by atoms with Crippen LogP contribution in [0.3, 0.4) is 0 Å².